The highest BCUT2D eigenvalue weighted by molar-refractivity contribution is 5.82. The summed E-state index contributed by atoms with van der Waals surface area (Å²) in [5.74, 6) is 1.04. The van der Waals surface area contributed by atoms with Crippen molar-refractivity contribution in [1.82, 2.24) is 9.78 Å². The lowest BCUT2D eigenvalue weighted by Crippen LogP contribution is -2.58. The molecular formula is C28H40FN3O2. The Balaban J connectivity index is 1.31. The molecule has 8 atom stereocenters. The number of aliphatic hydroxyl groups is 1. The molecule has 4 aliphatic carbocycles. The normalized spacial score (nSPS) is 44.0. The van der Waals surface area contributed by atoms with Gasteiger partial charge in [-0.3, -0.25) is 9.48 Å². The summed E-state index contributed by atoms with van der Waals surface area (Å²) in [6.07, 6.45) is 10.7. The fourth-order valence-electron chi connectivity index (χ4n) is 8.61. The van der Waals surface area contributed by atoms with Gasteiger partial charge in [-0.05, 0) is 108 Å². The molecule has 1 aromatic rings. The Morgan fingerprint density at radius 2 is 1.97 bits per heavy atom. The van der Waals surface area contributed by atoms with E-state index in [4.69, 9.17) is 0 Å². The van der Waals surface area contributed by atoms with Gasteiger partial charge in [0.25, 0.3) is 0 Å². The number of carbonyl (C=O) groups excluding carboxylic acids is 1. The van der Waals surface area contributed by atoms with E-state index in [2.05, 4.69) is 18.1 Å². The van der Waals surface area contributed by atoms with Gasteiger partial charge in [-0.2, -0.15) is 10.4 Å². The van der Waals surface area contributed by atoms with Crippen LogP contribution in [0.3, 0.4) is 0 Å². The first-order valence-corrected chi connectivity index (χ1v) is 13.3. The lowest BCUT2D eigenvalue weighted by Gasteiger charge is -2.59. The maximum absolute atomic E-state index is 16.5. The van der Waals surface area contributed by atoms with Gasteiger partial charge in [0.1, 0.15) is 5.67 Å². The first-order chi connectivity index (χ1) is 15.9. The third kappa shape index (κ3) is 3.65. The van der Waals surface area contributed by atoms with Gasteiger partial charge in [-0.15, -0.1) is 0 Å². The van der Waals surface area contributed by atoms with Crippen LogP contribution in [0.15, 0.2) is 12.4 Å². The van der Waals surface area contributed by atoms with Crippen molar-refractivity contribution in [3.63, 3.8) is 0 Å². The fraction of sp³-hybridized carbons (Fsp3) is 0.821. The molecular weight excluding hydrogens is 429 g/mol. The largest absolute Gasteiger partial charge is 0.390 e. The summed E-state index contributed by atoms with van der Waals surface area (Å²) in [7, 11) is 0. The van der Waals surface area contributed by atoms with Crippen molar-refractivity contribution in [2.45, 2.75) is 109 Å². The monoisotopic (exact) mass is 469 g/mol. The first kappa shape index (κ1) is 24.0. The van der Waals surface area contributed by atoms with Crippen molar-refractivity contribution >= 4 is 5.78 Å². The summed E-state index contributed by atoms with van der Waals surface area (Å²) in [4.78, 5) is 13.5. The second-order valence-electron chi connectivity index (χ2n) is 13.1. The number of nitriles is 1. The van der Waals surface area contributed by atoms with Gasteiger partial charge in [-0.1, -0.05) is 6.92 Å². The zero-order valence-electron chi connectivity index (χ0n) is 21.2. The highest BCUT2D eigenvalue weighted by Crippen LogP contribution is 2.66. The number of aromatic nitrogens is 2. The zero-order valence-corrected chi connectivity index (χ0v) is 21.2. The van der Waals surface area contributed by atoms with E-state index in [-0.39, 0.29) is 35.5 Å². The number of hydrogen-bond acceptors (Lipinski definition) is 4. The number of carbonyl (C=O) groups is 1. The highest BCUT2D eigenvalue weighted by Gasteiger charge is 2.63. The van der Waals surface area contributed by atoms with Crippen LogP contribution in [0.4, 0.5) is 4.39 Å². The van der Waals surface area contributed by atoms with E-state index in [1.807, 2.05) is 27.0 Å². The predicted octanol–water partition coefficient (Wildman–Crippen LogP) is 5.37. The molecule has 0 bridgehead atoms. The summed E-state index contributed by atoms with van der Waals surface area (Å²) in [6.45, 7) is 8.12. The van der Waals surface area contributed by atoms with Crippen molar-refractivity contribution in [3.05, 3.63) is 18.0 Å². The molecule has 0 spiro atoms. The Labute approximate surface area is 203 Å². The van der Waals surface area contributed by atoms with E-state index in [0.29, 0.717) is 31.1 Å². The highest BCUT2D eigenvalue weighted by atomic mass is 19.1. The van der Waals surface area contributed by atoms with Gasteiger partial charge in [0.05, 0.1) is 29.8 Å². The third-order valence-electron chi connectivity index (χ3n) is 10.7. The second kappa shape index (κ2) is 7.88. The number of Topliss-reactive ketones (excluding diaryl/α,β-unsaturated/α-hetero) is 1. The molecule has 0 aromatic carbocycles. The van der Waals surface area contributed by atoms with Crippen LogP contribution in [0, 0.1) is 46.3 Å². The van der Waals surface area contributed by atoms with E-state index < -0.39 is 16.7 Å². The summed E-state index contributed by atoms with van der Waals surface area (Å²) in [5, 5.41) is 24.3. The molecule has 6 heteroatoms. The molecule has 186 valence electrons. The number of alkyl halides is 1. The Hall–Kier alpha value is -1.74. The summed E-state index contributed by atoms with van der Waals surface area (Å²) < 4.78 is 18.2. The van der Waals surface area contributed by atoms with Crippen molar-refractivity contribution in [2.24, 2.45) is 35.0 Å². The fourth-order valence-corrected chi connectivity index (χ4v) is 8.61. The smallest absolute Gasteiger partial charge is 0.157 e. The third-order valence-corrected chi connectivity index (χ3v) is 10.7. The molecule has 0 amide bonds. The van der Waals surface area contributed by atoms with Crippen LogP contribution in [0.2, 0.25) is 0 Å². The topological polar surface area (TPSA) is 78.9 Å². The number of nitrogens with zero attached hydrogens (tertiary/aromatic N) is 3. The molecule has 4 fully saturated rings. The van der Waals surface area contributed by atoms with Crippen molar-refractivity contribution < 1.29 is 14.3 Å². The minimum atomic E-state index is -1.15. The van der Waals surface area contributed by atoms with Crippen LogP contribution in [0.5, 0.6) is 0 Å². The molecule has 0 radical (unpaired) electrons. The Morgan fingerprint density at radius 1 is 1.21 bits per heavy atom. The van der Waals surface area contributed by atoms with E-state index in [1.165, 1.54) is 0 Å². The quantitative estimate of drug-likeness (QED) is 0.643. The van der Waals surface area contributed by atoms with Crippen LogP contribution in [0.1, 0.15) is 91.0 Å². The molecule has 1 N–H and O–H groups in total. The van der Waals surface area contributed by atoms with Gasteiger partial charge >= 0.3 is 0 Å². The molecule has 4 aliphatic rings. The molecule has 1 aromatic heterocycles. The van der Waals surface area contributed by atoms with Gasteiger partial charge in [0.2, 0.25) is 0 Å². The number of rotatable bonds is 4. The molecule has 34 heavy (non-hydrogen) atoms. The van der Waals surface area contributed by atoms with Crippen LogP contribution in [-0.4, -0.2) is 31.9 Å². The number of fused-ring (bicyclic) bond motifs is 5. The molecule has 5 rings (SSSR count). The zero-order chi connectivity index (χ0) is 24.5. The van der Waals surface area contributed by atoms with Crippen molar-refractivity contribution in [1.29, 1.82) is 5.26 Å². The van der Waals surface area contributed by atoms with Gasteiger partial charge in [0.15, 0.2) is 5.78 Å². The van der Waals surface area contributed by atoms with E-state index in [0.717, 1.165) is 44.1 Å². The first-order valence-electron chi connectivity index (χ1n) is 13.3. The minimum Gasteiger partial charge on any atom is -0.390 e. The molecule has 3 unspecified atom stereocenters. The van der Waals surface area contributed by atoms with E-state index in [9.17, 15) is 15.2 Å². The minimum absolute atomic E-state index is 0.00421. The molecule has 0 saturated heterocycles. The second-order valence-corrected chi connectivity index (χ2v) is 13.1. The summed E-state index contributed by atoms with van der Waals surface area (Å²) in [5.41, 5.74) is -1.74. The van der Waals surface area contributed by atoms with Gasteiger partial charge in [-0.25, -0.2) is 4.39 Å². The van der Waals surface area contributed by atoms with Gasteiger partial charge < -0.3 is 5.11 Å². The van der Waals surface area contributed by atoms with Crippen LogP contribution >= 0.6 is 0 Å². The lowest BCUT2D eigenvalue weighted by molar-refractivity contribution is -0.166. The predicted molar refractivity (Wildman–Crippen MR) is 127 cm³/mol. The number of ketones is 1. The van der Waals surface area contributed by atoms with Crippen LogP contribution < -0.4 is 0 Å². The van der Waals surface area contributed by atoms with Crippen molar-refractivity contribution in [3.8, 4) is 6.07 Å². The standard InChI is InChI=1S/C28H40FN3O2/c1-25(2,17-30)19-14-31-32(15-19)16-24(33)23-8-7-21-20-6-5-18-13-26(3,34)11-12-28(18,29)22(20)9-10-27(21,23)4/h14-15,18,20-23,34H,5-13,16H2,1-4H3/t18?,20?,21-,22-,23+,26+,27-,28?/m0/s1. The maximum Gasteiger partial charge on any atom is 0.157 e. The van der Waals surface area contributed by atoms with E-state index >= 15 is 4.39 Å². The lowest BCUT2D eigenvalue weighted by atomic mass is 9.48. The van der Waals surface area contributed by atoms with Crippen LogP contribution in [0.25, 0.3) is 0 Å². The molecule has 1 heterocycles. The van der Waals surface area contributed by atoms with Crippen LogP contribution in [-0.2, 0) is 16.8 Å². The Kier molecular flexibility index (Phi) is 5.56. The maximum atomic E-state index is 16.5. The van der Waals surface area contributed by atoms with E-state index in [1.54, 1.807) is 10.9 Å². The molecule has 4 saturated carbocycles. The van der Waals surface area contributed by atoms with Gasteiger partial charge in [0, 0.05) is 17.7 Å². The Bertz CT molecular complexity index is 1010. The SMILES string of the molecule is CC(C)(C#N)c1cnn(CC(=O)[C@H]2CC[C@H]3C4CCC5C[C@](C)(O)CCC5(F)[C@H]4CC[C@]23C)c1. The molecule has 0 aliphatic heterocycles. The Morgan fingerprint density at radius 3 is 2.71 bits per heavy atom. The average molecular weight is 470 g/mol. The van der Waals surface area contributed by atoms with Crippen molar-refractivity contribution in [2.75, 3.05) is 0 Å². The number of hydrogen-bond donors (Lipinski definition) is 1. The average Bonchev–Trinajstić information content (AvgIpc) is 3.38. The molecule has 5 nitrogen and oxygen atoms in total. The number of halogens is 1. The summed E-state index contributed by atoms with van der Waals surface area (Å²) in [6, 6.07) is 2.29. The summed E-state index contributed by atoms with van der Waals surface area (Å²) >= 11 is 0.